The minimum absolute atomic E-state index is 0.201. The number of hydrogen-bond donors (Lipinski definition) is 1. The summed E-state index contributed by atoms with van der Waals surface area (Å²) in [5.74, 6) is 0.904. The summed E-state index contributed by atoms with van der Waals surface area (Å²) >= 11 is 1.30. The molecule has 7 nitrogen and oxygen atoms in total. The third kappa shape index (κ3) is 4.07. The Labute approximate surface area is 144 Å². The van der Waals surface area contributed by atoms with Crippen LogP contribution < -0.4 is 5.32 Å². The van der Waals surface area contributed by atoms with Gasteiger partial charge in [0, 0.05) is 45.8 Å². The number of nitriles is 1. The molecule has 1 N–H and O–H groups in total. The van der Waals surface area contributed by atoms with Crippen LogP contribution >= 0.6 is 11.3 Å². The van der Waals surface area contributed by atoms with Crippen molar-refractivity contribution in [1.82, 2.24) is 19.8 Å². The van der Waals surface area contributed by atoms with Crippen LogP contribution in [-0.2, 0) is 11.3 Å². The van der Waals surface area contributed by atoms with Gasteiger partial charge in [0.15, 0.2) is 5.13 Å². The highest BCUT2D eigenvalue weighted by atomic mass is 32.1. The van der Waals surface area contributed by atoms with E-state index in [1.165, 1.54) is 11.3 Å². The third-order valence-corrected chi connectivity index (χ3v) is 4.72. The maximum atomic E-state index is 11.7. The van der Waals surface area contributed by atoms with Gasteiger partial charge < -0.3 is 10.2 Å². The van der Waals surface area contributed by atoms with E-state index in [4.69, 9.17) is 5.26 Å². The van der Waals surface area contributed by atoms with Crippen LogP contribution in [-0.4, -0.2) is 52.4 Å². The maximum absolute atomic E-state index is 11.7. The highest BCUT2D eigenvalue weighted by Crippen LogP contribution is 2.21. The van der Waals surface area contributed by atoms with Crippen molar-refractivity contribution in [3.63, 3.8) is 0 Å². The number of hydrogen-bond acceptors (Lipinski definition) is 7. The fourth-order valence-electron chi connectivity index (χ4n) is 2.52. The molecule has 0 aliphatic carbocycles. The fraction of sp³-hybridized carbons (Fsp3) is 0.375. The van der Waals surface area contributed by atoms with Gasteiger partial charge in [-0.2, -0.15) is 5.26 Å². The van der Waals surface area contributed by atoms with Crippen molar-refractivity contribution >= 4 is 28.2 Å². The lowest BCUT2D eigenvalue weighted by molar-refractivity contribution is -0.129. The highest BCUT2D eigenvalue weighted by Gasteiger charge is 2.18. The van der Waals surface area contributed by atoms with Crippen LogP contribution in [0.5, 0.6) is 0 Å². The van der Waals surface area contributed by atoms with E-state index in [0.29, 0.717) is 22.2 Å². The first kappa shape index (κ1) is 16.4. The lowest BCUT2D eigenvalue weighted by Gasteiger charge is -2.20. The summed E-state index contributed by atoms with van der Waals surface area (Å²) < 4.78 is 0. The van der Waals surface area contributed by atoms with Crippen molar-refractivity contribution in [3.05, 3.63) is 35.0 Å². The van der Waals surface area contributed by atoms with Gasteiger partial charge in [-0.15, -0.1) is 0 Å². The predicted molar refractivity (Wildman–Crippen MR) is 91.9 cm³/mol. The molecule has 0 atom stereocenters. The van der Waals surface area contributed by atoms with Gasteiger partial charge in [-0.1, -0.05) is 11.3 Å². The van der Waals surface area contributed by atoms with E-state index in [2.05, 4.69) is 26.3 Å². The third-order valence-electron chi connectivity index (χ3n) is 3.90. The lowest BCUT2D eigenvalue weighted by Crippen LogP contribution is -2.29. The Kier molecular flexibility index (Phi) is 5.03. The Bertz CT molecular complexity index is 768. The standard InChI is InChI=1S/C16H18N6OS/c1-21-6-7-22(5-3-15(21)23)11-12-2-4-18-14(8-12)20-16-19-10-13(9-17)24-16/h2,4,8,10H,3,5-7,11H2,1H3,(H,18,19,20). The molecule has 8 heteroatoms. The molecule has 1 aliphatic rings. The molecular formula is C16H18N6OS. The average Bonchev–Trinajstić information content (AvgIpc) is 2.98. The van der Waals surface area contributed by atoms with Crippen molar-refractivity contribution in [1.29, 1.82) is 5.26 Å². The van der Waals surface area contributed by atoms with Crippen molar-refractivity contribution in [2.75, 3.05) is 32.0 Å². The van der Waals surface area contributed by atoms with E-state index in [1.807, 2.05) is 19.2 Å². The molecule has 124 valence electrons. The predicted octanol–water partition coefficient (Wildman–Crippen LogP) is 1.82. The minimum Gasteiger partial charge on any atom is -0.344 e. The number of carbonyl (C=O) groups excluding carboxylic acids is 1. The number of nitrogens with zero attached hydrogens (tertiary/aromatic N) is 5. The van der Waals surface area contributed by atoms with Gasteiger partial charge in [0.2, 0.25) is 5.91 Å². The second-order valence-corrected chi connectivity index (χ2v) is 6.69. The molecule has 1 aliphatic heterocycles. The van der Waals surface area contributed by atoms with Gasteiger partial charge in [-0.3, -0.25) is 9.69 Å². The Hall–Kier alpha value is -2.50. The molecule has 1 saturated heterocycles. The summed E-state index contributed by atoms with van der Waals surface area (Å²) in [7, 11) is 1.85. The molecule has 0 saturated carbocycles. The summed E-state index contributed by atoms with van der Waals surface area (Å²) in [6.07, 6.45) is 3.86. The van der Waals surface area contributed by atoms with E-state index < -0.39 is 0 Å². The van der Waals surface area contributed by atoms with Crippen molar-refractivity contribution in [3.8, 4) is 6.07 Å². The Morgan fingerprint density at radius 2 is 2.25 bits per heavy atom. The van der Waals surface area contributed by atoms with Crippen LogP contribution in [0.2, 0.25) is 0 Å². The molecule has 1 amide bonds. The summed E-state index contributed by atoms with van der Waals surface area (Å²) in [4.78, 5) is 24.8. The molecule has 1 fully saturated rings. The summed E-state index contributed by atoms with van der Waals surface area (Å²) in [6, 6.07) is 6.02. The van der Waals surface area contributed by atoms with E-state index in [-0.39, 0.29) is 5.91 Å². The van der Waals surface area contributed by atoms with Crippen molar-refractivity contribution < 1.29 is 4.79 Å². The Balaban J connectivity index is 1.64. The normalized spacial score (nSPS) is 15.8. The first-order valence-corrected chi connectivity index (χ1v) is 8.50. The molecule has 0 radical (unpaired) electrons. The molecule has 3 rings (SSSR count). The molecule has 0 aromatic carbocycles. The minimum atomic E-state index is 0.201. The number of likely N-dealkylation sites (N-methyl/N-ethyl adjacent to an activating group) is 1. The number of amides is 1. The quantitative estimate of drug-likeness (QED) is 0.912. The molecule has 0 unspecified atom stereocenters. The first-order valence-electron chi connectivity index (χ1n) is 7.68. The summed E-state index contributed by atoms with van der Waals surface area (Å²) in [5, 5.41) is 12.6. The largest absolute Gasteiger partial charge is 0.344 e. The van der Waals surface area contributed by atoms with Crippen LogP contribution in [0.4, 0.5) is 10.9 Å². The molecule has 2 aromatic rings. The molecular weight excluding hydrogens is 324 g/mol. The highest BCUT2D eigenvalue weighted by molar-refractivity contribution is 7.16. The van der Waals surface area contributed by atoms with Gasteiger partial charge in [0.05, 0.1) is 6.20 Å². The average molecular weight is 342 g/mol. The SMILES string of the molecule is CN1CCN(Cc2ccnc(Nc3ncc(C#N)s3)c2)CCC1=O. The Morgan fingerprint density at radius 3 is 3.04 bits per heavy atom. The number of nitrogens with one attached hydrogen (secondary N) is 1. The lowest BCUT2D eigenvalue weighted by atomic mass is 10.2. The van der Waals surface area contributed by atoms with Gasteiger partial charge in [-0.05, 0) is 17.7 Å². The molecule has 2 aromatic heterocycles. The Morgan fingerprint density at radius 1 is 1.38 bits per heavy atom. The number of pyridine rings is 1. The number of anilines is 2. The van der Waals surface area contributed by atoms with Gasteiger partial charge in [0.25, 0.3) is 0 Å². The fourth-order valence-corrected chi connectivity index (χ4v) is 3.14. The van der Waals surface area contributed by atoms with Gasteiger partial charge in [0.1, 0.15) is 16.8 Å². The van der Waals surface area contributed by atoms with Crippen LogP contribution in [0.15, 0.2) is 24.5 Å². The van der Waals surface area contributed by atoms with Crippen LogP contribution in [0, 0.1) is 11.3 Å². The van der Waals surface area contributed by atoms with Crippen molar-refractivity contribution in [2.24, 2.45) is 0 Å². The van der Waals surface area contributed by atoms with Gasteiger partial charge in [-0.25, -0.2) is 9.97 Å². The number of rotatable bonds is 4. The number of thiazole rings is 1. The summed E-state index contributed by atoms with van der Waals surface area (Å²) in [6.45, 7) is 3.17. The summed E-state index contributed by atoms with van der Waals surface area (Å²) in [5.41, 5.74) is 1.13. The molecule has 3 heterocycles. The topological polar surface area (TPSA) is 85.2 Å². The van der Waals surface area contributed by atoms with Crippen molar-refractivity contribution in [2.45, 2.75) is 13.0 Å². The van der Waals surface area contributed by atoms with Crippen LogP contribution in [0.1, 0.15) is 16.9 Å². The second kappa shape index (κ2) is 7.38. The van der Waals surface area contributed by atoms with E-state index in [9.17, 15) is 4.79 Å². The zero-order valence-electron chi connectivity index (χ0n) is 13.4. The van der Waals surface area contributed by atoms with E-state index in [1.54, 1.807) is 17.3 Å². The number of carbonyl (C=O) groups is 1. The molecule has 0 spiro atoms. The van der Waals surface area contributed by atoms with E-state index in [0.717, 1.165) is 31.7 Å². The number of aromatic nitrogens is 2. The maximum Gasteiger partial charge on any atom is 0.223 e. The van der Waals surface area contributed by atoms with E-state index >= 15 is 0 Å². The zero-order chi connectivity index (χ0) is 16.9. The smallest absolute Gasteiger partial charge is 0.223 e. The monoisotopic (exact) mass is 342 g/mol. The molecule has 0 bridgehead atoms. The molecule has 24 heavy (non-hydrogen) atoms. The van der Waals surface area contributed by atoms with Gasteiger partial charge >= 0.3 is 0 Å². The van der Waals surface area contributed by atoms with Crippen LogP contribution in [0.3, 0.4) is 0 Å². The first-order chi connectivity index (χ1) is 11.6. The zero-order valence-corrected chi connectivity index (χ0v) is 14.2. The van der Waals surface area contributed by atoms with Crippen LogP contribution in [0.25, 0.3) is 0 Å². The second-order valence-electron chi connectivity index (χ2n) is 5.66.